The van der Waals surface area contributed by atoms with Gasteiger partial charge in [-0.15, -0.1) is 0 Å². The van der Waals surface area contributed by atoms with Gasteiger partial charge in [0.2, 0.25) is 0 Å². The van der Waals surface area contributed by atoms with Gasteiger partial charge in [-0.3, -0.25) is 9.59 Å². The number of carbonyl (C=O) groups excluding carboxylic acids is 2. The zero-order valence-corrected chi connectivity index (χ0v) is 53.1. The number of benzene rings is 4. The van der Waals surface area contributed by atoms with E-state index in [-0.39, 0.29) is 78.7 Å². The van der Waals surface area contributed by atoms with Crippen molar-refractivity contribution in [2.45, 2.75) is 151 Å². The Kier molecular flexibility index (Phi) is 18.3. The summed E-state index contributed by atoms with van der Waals surface area (Å²) in [5.41, 5.74) is 20.4. The van der Waals surface area contributed by atoms with E-state index in [4.69, 9.17) is 16.2 Å². The molecule has 5 aromatic rings. The molecule has 0 radical (unpaired) electrons. The Bertz CT molecular complexity index is 3470. The van der Waals surface area contributed by atoms with Gasteiger partial charge in [0.25, 0.3) is 0 Å². The molecule has 11 nitrogen and oxygen atoms in total. The van der Waals surface area contributed by atoms with Gasteiger partial charge in [0.05, 0.1) is 37.0 Å². The van der Waals surface area contributed by atoms with Crippen molar-refractivity contribution in [1.82, 2.24) is 4.98 Å². The highest BCUT2D eigenvalue weighted by Crippen LogP contribution is 2.62. The second-order valence-electron chi connectivity index (χ2n) is 27.2. The second-order valence-corrected chi connectivity index (χ2v) is 32.3. The van der Waals surface area contributed by atoms with Gasteiger partial charge >= 0.3 is 0 Å². The number of aliphatic hydroxyl groups excluding tert-OH is 1. The zero-order valence-electron chi connectivity index (χ0n) is 49.8. The second kappa shape index (κ2) is 25.9. The van der Waals surface area contributed by atoms with Crippen LogP contribution in [-0.2, 0) is 36.2 Å². The number of phenols is 2. The largest absolute Gasteiger partial charge is 0.508 e. The number of phenolic OH excluding ortho intramolecular Hbond substituents is 2. The Labute approximate surface area is 529 Å². The number of ether oxygens (including phenoxy) is 1. The van der Waals surface area contributed by atoms with Gasteiger partial charge < -0.3 is 46.7 Å². The summed E-state index contributed by atoms with van der Waals surface area (Å²) in [5.74, 6) is 11.2. The number of aromatic amines is 1. The number of fused-ring (bicyclic) bond motifs is 14. The van der Waals surface area contributed by atoms with Crippen LogP contribution in [0.3, 0.4) is 0 Å². The number of aryl methyl sites for hydroxylation is 1. The van der Waals surface area contributed by atoms with E-state index in [0.29, 0.717) is 95.5 Å². The maximum absolute atomic E-state index is 14.5. The Morgan fingerprint density at radius 1 is 0.736 bits per heavy atom. The highest BCUT2D eigenvalue weighted by molar-refractivity contribution is 8.77. The van der Waals surface area contributed by atoms with Gasteiger partial charge in [-0.25, -0.2) is 0 Å². The lowest BCUT2D eigenvalue weighted by Gasteiger charge is -2.53. The molecule has 13 rings (SSSR count). The molecular formula is C72H85N3O8S4. The van der Waals surface area contributed by atoms with Crippen LogP contribution in [0.4, 0.5) is 0 Å². The van der Waals surface area contributed by atoms with Crippen molar-refractivity contribution in [3.05, 3.63) is 159 Å². The first-order chi connectivity index (χ1) is 42.2. The number of allylic oxidation sites excluding steroid dienone is 2. The minimum Gasteiger partial charge on any atom is -0.508 e. The molecule has 87 heavy (non-hydrogen) atoms. The number of nitrogens with one attached hydrogen (secondary N) is 1. The minimum atomic E-state index is -1.07. The molecule has 460 valence electrons. The molecule has 5 fully saturated rings. The molecule has 10 N–H and O–H groups in total. The van der Waals surface area contributed by atoms with Crippen molar-refractivity contribution in [3.63, 3.8) is 0 Å². The molecule has 13 bridgehead atoms. The van der Waals surface area contributed by atoms with E-state index in [1.165, 1.54) is 30.4 Å². The molecule has 4 aromatic carbocycles. The highest BCUT2D eigenvalue weighted by atomic mass is 33.1. The number of aromatic hydroxyl groups is 2. The molecule has 2 aliphatic heterocycles. The van der Waals surface area contributed by atoms with Crippen LogP contribution in [0.25, 0.3) is 0 Å². The zero-order chi connectivity index (χ0) is 60.0. The summed E-state index contributed by atoms with van der Waals surface area (Å²) >= 11 is 0. The van der Waals surface area contributed by atoms with E-state index in [9.17, 15) is 35.1 Å². The number of hydrogen-bond acceptors (Lipinski definition) is 14. The summed E-state index contributed by atoms with van der Waals surface area (Å²) in [6.45, 7) is 0.304. The lowest BCUT2D eigenvalue weighted by atomic mass is 9.55. The third-order valence-electron chi connectivity index (χ3n) is 22.4. The molecular weight excluding hydrogens is 1160 g/mol. The van der Waals surface area contributed by atoms with Crippen molar-refractivity contribution in [2.75, 3.05) is 30.5 Å². The van der Waals surface area contributed by atoms with Gasteiger partial charge in [0.15, 0.2) is 23.1 Å². The monoisotopic (exact) mass is 1250 g/mol. The highest BCUT2D eigenvalue weighted by Gasteiger charge is 2.57. The molecule has 3 heterocycles. The number of aromatic nitrogens is 1. The first kappa shape index (κ1) is 61.3. The number of nitrogens with two attached hydrogens (primary N) is 2. The number of ketones is 2. The molecule has 8 aliphatic rings. The number of hydrogen-bond donors (Lipinski definition) is 8. The van der Waals surface area contributed by atoms with Crippen LogP contribution in [0.15, 0.2) is 97.2 Å². The Morgan fingerprint density at radius 2 is 1.56 bits per heavy atom. The summed E-state index contributed by atoms with van der Waals surface area (Å²) in [4.78, 5) is 32.2. The number of H-pyrrole nitrogens is 1. The Hall–Kier alpha value is -4.60. The van der Waals surface area contributed by atoms with E-state index < -0.39 is 28.7 Å². The van der Waals surface area contributed by atoms with E-state index in [0.717, 1.165) is 90.6 Å². The smallest absolute Gasteiger partial charge is 0.165 e. The first-order valence-electron chi connectivity index (χ1n) is 32.1. The van der Waals surface area contributed by atoms with Gasteiger partial charge in [-0.05, 0) is 205 Å². The molecule has 15 heteroatoms. The lowest BCUT2D eigenvalue weighted by Crippen LogP contribution is -2.54. The van der Waals surface area contributed by atoms with Crippen molar-refractivity contribution in [2.24, 2.45) is 64.2 Å². The normalized spacial score (nSPS) is 33.0. The van der Waals surface area contributed by atoms with Crippen LogP contribution < -0.4 is 16.2 Å². The molecule has 6 aliphatic carbocycles. The molecule has 0 amide bonds. The van der Waals surface area contributed by atoms with E-state index in [1.54, 1.807) is 56.8 Å². The first-order valence-corrected chi connectivity index (χ1v) is 37.1. The third-order valence-corrected chi connectivity index (χ3v) is 27.4. The van der Waals surface area contributed by atoms with Crippen LogP contribution >= 0.6 is 43.2 Å². The molecule has 13 atom stereocenters. The van der Waals surface area contributed by atoms with E-state index >= 15 is 0 Å². The van der Waals surface area contributed by atoms with Crippen LogP contribution in [0.1, 0.15) is 174 Å². The SMILES string of the molecule is NC(N)c1cc2c3cc1CSSCC1CC4(C=CC(=O)CCc5ccc(O)c(c5)OCCc5ccc(O)c(c5)C3CC(=O)c3cc[nH]c3CC#C2)CCC2CC3(O)C(CCC5CCCC53)CCC3C2Cc2ccccc2C(CO)C3CSSCC1(O)C4. The van der Waals surface area contributed by atoms with Crippen molar-refractivity contribution in [3.8, 4) is 29.1 Å². The fraction of sp³-hybridized carbons (Fsp3) is 0.528. The number of Topliss-reactive ketones (excluding diaryl/α,β-unsaturated/α-hetero) is 1. The lowest BCUT2D eigenvalue weighted by molar-refractivity contribution is -0.143. The number of carbonyl (C=O) groups is 2. The molecule has 1 aromatic heterocycles. The topological polar surface area (TPSA) is 212 Å². The quantitative estimate of drug-likeness (QED) is 0.0470. The average molecular weight is 1250 g/mol. The molecule has 4 saturated carbocycles. The standard InChI is InChI=1S/C72H85N3O8S4/c73-69(74)58-32-47-7-4-10-64-55(23-27-75-64)67(80)34-59-56(47)33-49(58)38-84-85-39-51-36-70(26-22-52(77)17-11-43-13-20-66(79)68(30-43)83-28-24-44-12-19-65(78)60(59)29-44)25-21-48-35-72(82)50(15-14-45-6-3-9-63(45)72)16-18-54-57(48)31-46-5-1-2-8-53(46)61(37-76)62(54)40-86-87-42-71(51,81)41-70/h1-2,5,8,12-13,19-20,22-23,26-27,29-30,32-33,45,48,50-51,54,57,59,61-63,69,75-76,78-79,81-82H,3,6,9-11,14-18,21,24-25,28,31,34-42,73-74H2. The van der Waals surface area contributed by atoms with E-state index in [1.807, 2.05) is 47.2 Å². The van der Waals surface area contributed by atoms with Crippen molar-refractivity contribution >= 4 is 54.7 Å². The Morgan fingerprint density at radius 3 is 2.43 bits per heavy atom. The maximum Gasteiger partial charge on any atom is 0.165 e. The van der Waals surface area contributed by atoms with Crippen LogP contribution in [-0.4, -0.2) is 83.8 Å². The molecule has 1 spiro atoms. The van der Waals surface area contributed by atoms with Crippen molar-refractivity contribution < 1.29 is 39.9 Å². The summed E-state index contributed by atoms with van der Waals surface area (Å²) in [5, 5.41) is 61.6. The fourth-order valence-electron chi connectivity index (χ4n) is 18.0. The summed E-state index contributed by atoms with van der Waals surface area (Å²) in [7, 11) is 7.07. The van der Waals surface area contributed by atoms with Crippen LogP contribution in [0.2, 0.25) is 0 Å². The Balaban J connectivity index is 0.879. The third kappa shape index (κ3) is 12.5. The van der Waals surface area contributed by atoms with Gasteiger partial charge in [-0.2, -0.15) is 0 Å². The predicted molar refractivity (Wildman–Crippen MR) is 352 cm³/mol. The maximum atomic E-state index is 14.5. The number of rotatable bonds is 2. The van der Waals surface area contributed by atoms with E-state index in [2.05, 4.69) is 53.2 Å². The summed E-state index contributed by atoms with van der Waals surface area (Å²) in [6, 6.07) is 25.5. The van der Waals surface area contributed by atoms with Crippen LogP contribution in [0, 0.1) is 64.6 Å². The average Bonchev–Trinajstić information content (AvgIpc) is 1.86. The summed E-state index contributed by atoms with van der Waals surface area (Å²) < 4.78 is 6.29. The fourth-order valence-corrected chi connectivity index (χ4v) is 23.6. The van der Waals surface area contributed by atoms with Gasteiger partial charge in [-0.1, -0.05) is 122 Å². The molecule has 1 saturated heterocycles. The van der Waals surface area contributed by atoms with Gasteiger partial charge in [0.1, 0.15) is 5.75 Å². The molecule has 13 unspecified atom stereocenters. The van der Waals surface area contributed by atoms with Gasteiger partial charge in [0, 0.05) is 82.7 Å². The van der Waals surface area contributed by atoms with Crippen LogP contribution in [0.5, 0.6) is 17.2 Å². The predicted octanol–water partition coefficient (Wildman–Crippen LogP) is 13.1. The minimum absolute atomic E-state index is 0.00166. The van der Waals surface area contributed by atoms with Crippen molar-refractivity contribution in [1.29, 1.82) is 0 Å². The summed E-state index contributed by atoms with van der Waals surface area (Å²) in [6.07, 6.45) is 19.0. The number of aliphatic hydroxyl groups is 3.